The number of phenols is 1. The molecule has 2 saturated heterocycles. The molecule has 5 atom stereocenters. The Balaban J connectivity index is 1.32. The van der Waals surface area contributed by atoms with Crippen LogP contribution in [0.5, 0.6) is 11.5 Å². The molecular formula is C35H44N2O9S. The average Bonchev–Trinajstić information content (AvgIpc) is 3.67. The van der Waals surface area contributed by atoms with Crippen molar-refractivity contribution in [3.8, 4) is 11.5 Å². The summed E-state index contributed by atoms with van der Waals surface area (Å²) in [5.41, 5.74) is 2.25. The van der Waals surface area contributed by atoms with Crippen molar-refractivity contribution in [2.75, 3.05) is 26.3 Å². The molecule has 0 aliphatic carbocycles. The van der Waals surface area contributed by atoms with Crippen molar-refractivity contribution in [2.45, 2.75) is 69.7 Å². The van der Waals surface area contributed by atoms with Gasteiger partial charge in [-0.25, -0.2) is 13.2 Å². The second-order valence-electron chi connectivity index (χ2n) is 12.6. The first-order valence-corrected chi connectivity index (χ1v) is 17.4. The topological polar surface area (TPSA) is 144 Å². The number of aliphatic hydroxyl groups excluding tert-OH is 1. The fraction of sp³-hybridized carbons (Fsp3) is 0.457. The van der Waals surface area contributed by atoms with Gasteiger partial charge in [-0.05, 0) is 72.7 Å². The van der Waals surface area contributed by atoms with Gasteiger partial charge in [0.05, 0.1) is 36.2 Å². The van der Waals surface area contributed by atoms with Crippen LogP contribution in [0.25, 0.3) is 0 Å². The van der Waals surface area contributed by atoms with E-state index in [2.05, 4.69) is 5.32 Å². The number of carbonyl (C=O) groups is 1. The lowest BCUT2D eigenvalue weighted by Gasteiger charge is -2.31. The second-order valence-corrected chi connectivity index (χ2v) is 14.5. The highest BCUT2D eigenvalue weighted by Crippen LogP contribution is 2.33. The third kappa shape index (κ3) is 9.02. The number of rotatable bonds is 14. The van der Waals surface area contributed by atoms with Crippen LogP contribution in [-0.4, -0.2) is 79.9 Å². The number of benzene rings is 3. The Morgan fingerprint density at radius 3 is 2.47 bits per heavy atom. The van der Waals surface area contributed by atoms with Gasteiger partial charge < -0.3 is 34.5 Å². The van der Waals surface area contributed by atoms with Crippen LogP contribution in [0.2, 0.25) is 0 Å². The maximum Gasteiger partial charge on any atom is 0.407 e. The van der Waals surface area contributed by atoms with Gasteiger partial charge in [-0.1, -0.05) is 56.3 Å². The molecule has 2 heterocycles. The van der Waals surface area contributed by atoms with E-state index in [1.54, 1.807) is 6.92 Å². The molecule has 3 N–H and O–H groups in total. The van der Waals surface area contributed by atoms with Gasteiger partial charge in [-0.15, -0.1) is 0 Å². The highest BCUT2D eigenvalue weighted by atomic mass is 32.2. The summed E-state index contributed by atoms with van der Waals surface area (Å²) in [5, 5.41) is 24.4. The molecule has 254 valence electrons. The van der Waals surface area contributed by atoms with E-state index in [4.69, 9.17) is 18.9 Å². The van der Waals surface area contributed by atoms with Gasteiger partial charge in [-0.2, -0.15) is 4.31 Å². The van der Waals surface area contributed by atoms with E-state index in [0.717, 1.165) is 11.1 Å². The first kappa shape index (κ1) is 34.6. The molecule has 2 aliphatic heterocycles. The maximum atomic E-state index is 13.8. The van der Waals surface area contributed by atoms with Gasteiger partial charge in [0.2, 0.25) is 10.0 Å². The number of aryl methyl sites for hydroxylation is 1. The molecule has 1 amide bonds. The van der Waals surface area contributed by atoms with Crippen molar-refractivity contribution in [1.82, 2.24) is 9.62 Å². The Morgan fingerprint density at radius 1 is 1.02 bits per heavy atom. The average molecular weight is 669 g/mol. The Hall–Kier alpha value is -3.68. The number of ether oxygens (including phenoxy) is 4. The van der Waals surface area contributed by atoms with Gasteiger partial charge in [-0.3, -0.25) is 0 Å². The van der Waals surface area contributed by atoms with E-state index in [1.165, 1.54) is 22.5 Å². The Morgan fingerprint density at radius 2 is 1.77 bits per heavy atom. The molecule has 0 bridgehead atoms. The normalized spacial score (nSPS) is 20.6. The number of alkyl carbamates (subject to hydrolysis) is 1. The summed E-state index contributed by atoms with van der Waals surface area (Å²) in [5.74, 6) is 0.531. The summed E-state index contributed by atoms with van der Waals surface area (Å²) >= 11 is 0. The summed E-state index contributed by atoms with van der Waals surface area (Å²) in [7, 11) is -4.06. The molecule has 47 heavy (non-hydrogen) atoms. The number of sulfonamides is 1. The van der Waals surface area contributed by atoms with Crippen LogP contribution in [-0.2, 0) is 37.3 Å². The number of aliphatic hydroxyl groups is 1. The number of nitrogens with one attached hydrogen (secondary N) is 1. The molecule has 0 spiro atoms. The molecule has 3 aromatic rings. The van der Waals surface area contributed by atoms with Crippen LogP contribution in [0.4, 0.5) is 4.79 Å². The fourth-order valence-electron chi connectivity index (χ4n) is 5.82. The number of fused-ring (bicyclic) bond motifs is 1. The number of aromatic hydroxyl groups is 1. The molecule has 5 rings (SSSR count). The minimum atomic E-state index is -4.06. The Labute approximate surface area is 276 Å². The van der Waals surface area contributed by atoms with Crippen LogP contribution < -0.4 is 10.1 Å². The van der Waals surface area contributed by atoms with E-state index in [9.17, 15) is 23.4 Å². The van der Waals surface area contributed by atoms with Crippen LogP contribution in [0.3, 0.4) is 0 Å². The number of hydrogen-bond donors (Lipinski definition) is 3. The van der Waals surface area contributed by atoms with E-state index < -0.39 is 40.7 Å². The molecule has 2 aliphatic rings. The smallest absolute Gasteiger partial charge is 0.407 e. The molecule has 3 aromatic carbocycles. The van der Waals surface area contributed by atoms with Crippen molar-refractivity contribution in [2.24, 2.45) is 11.8 Å². The van der Waals surface area contributed by atoms with E-state index in [1.807, 2.05) is 68.4 Å². The van der Waals surface area contributed by atoms with Gasteiger partial charge in [0.15, 0.2) is 6.29 Å². The molecule has 11 nitrogen and oxygen atoms in total. The first-order valence-electron chi connectivity index (χ1n) is 15.9. The first-order chi connectivity index (χ1) is 22.5. The SMILES string of the molecule is Cc1cc(S(=O)(=O)N(CC(C)C)C[C@@H](O)[C@H](Cc2ccc(OCc3ccccc3)cc2)NC(=O)O[C@H]2COC3OCCC32)ccc1O. The minimum absolute atomic E-state index is 0.00484. The zero-order valence-corrected chi connectivity index (χ0v) is 27.8. The number of hydrogen-bond acceptors (Lipinski definition) is 9. The van der Waals surface area contributed by atoms with Crippen molar-refractivity contribution in [3.05, 3.63) is 89.5 Å². The van der Waals surface area contributed by atoms with Crippen molar-refractivity contribution >= 4 is 16.1 Å². The quantitative estimate of drug-likeness (QED) is 0.228. The zero-order chi connectivity index (χ0) is 33.6. The maximum absolute atomic E-state index is 13.8. The van der Waals surface area contributed by atoms with Gasteiger partial charge in [0.1, 0.15) is 24.2 Å². The Kier molecular flexibility index (Phi) is 11.4. The van der Waals surface area contributed by atoms with Crippen molar-refractivity contribution in [1.29, 1.82) is 0 Å². The molecule has 0 radical (unpaired) electrons. The van der Waals surface area contributed by atoms with Gasteiger partial charge >= 0.3 is 6.09 Å². The lowest BCUT2D eigenvalue weighted by Crippen LogP contribution is -2.51. The van der Waals surface area contributed by atoms with E-state index >= 15 is 0 Å². The number of phenolic OH excluding ortho intramolecular Hbond substituents is 1. The summed E-state index contributed by atoms with van der Waals surface area (Å²) in [6.45, 7) is 6.39. The van der Waals surface area contributed by atoms with Crippen LogP contribution in [0, 0.1) is 18.8 Å². The molecule has 2 unspecified atom stereocenters. The van der Waals surface area contributed by atoms with Crippen LogP contribution >= 0.6 is 0 Å². The van der Waals surface area contributed by atoms with Crippen LogP contribution in [0.15, 0.2) is 77.7 Å². The lowest BCUT2D eigenvalue weighted by atomic mass is 10.0. The predicted octanol–water partition coefficient (Wildman–Crippen LogP) is 4.39. The third-order valence-corrected chi connectivity index (χ3v) is 10.2. The molecular weight excluding hydrogens is 624 g/mol. The summed E-state index contributed by atoms with van der Waals surface area (Å²) < 4.78 is 51.6. The van der Waals surface area contributed by atoms with Crippen LogP contribution in [0.1, 0.15) is 37.0 Å². The Bertz CT molecular complexity index is 1580. The monoisotopic (exact) mass is 668 g/mol. The third-order valence-electron chi connectivity index (χ3n) is 8.40. The minimum Gasteiger partial charge on any atom is -0.508 e. The number of carbonyl (C=O) groups excluding carboxylic acids is 1. The molecule has 0 saturated carbocycles. The predicted molar refractivity (Wildman–Crippen MR) is 174 cm³/mol. The standard InChI is InChI=1S/C35H44N2O9S/c1-23(2)19-37(47(41,42)28-13-14-31(38)24(3)17-28)20-32(39)30(36-35(40)46-33-22-45-34-29(33)15-16-43-34)18-25-9-11-27(12-10-25)44-21-26-7-5-4-6-8-26/h4-14,17,23,29-30,32-34,38-39H,15-16,18-22H2,1-3H3,(H,36,40)/t29?,30-,32+,33-,34?/m0/s1. The van der Waals surface area contributed by atoms with Gasteiger partial charge in [0.25, 0.3) is 0 Å². The highest BCUT2D eigenvalue weighted by Gasteiger charge is 2.44. The summed E-state index contributed by atoms with van der Waals surface area (Å²) in [4.78, 5) is 13.2. The molecule has 2 fully saturated rings. The molecule has 12 heteroatoms. The van der Waals surface area contributed by atoms with Crippen molar-refractivity contribution < 1.29 is 42.4 Å². The van der Waals surface area contributed by atoms with Gasteiger partial charge in [0, 0.05) is 13.1 Å². The number of amides is 1. The lowest BCUT2D eigenvalue weighted by molar-refractivity contribution is -0.0907. The zero-order valence-electron chi connectivity index (χ0n) is 26.9. The molecule has 0 aromatic heterocycles. The summed E-state index contributed by atoms with van der Waals surface area (Å²) in [6.07, 6.45) is -2.01. The largest absolute Gasteiger partial charge is 0.508 e. The highest BCUT2D eigenvalue weighted by molar-refractivity contribution is 7.89. The van der Waals surface area contributed by atoms with E-state index in [0.29, 0.717) is 30.9 Å². The summed E-state index contributed by atoms with van der Waals surface area (Å²) in [6, 6.07) is 20.3. The number of nitrogens with zero attached hydrogens (tertiary/aromatic N) is 1. The van der Waals surface area contributed by atoms with Crippen molar-refractivity contribution in [3.63, 3.8) is 0 Å². The fourth-order valence-corrected chi connectivity index (χ4v) is 7.53. The second kappa shape index (κ2) is 15.5. The van der Waals surface area contributed by atoms with E-state index in [-0.39, 0.29) is 48.6 Å².